The maximum Gasteiger partial charge on any atom is 0.134 e. The highest BCUT2D eigenvalue weighted by Crippen LogP contribution is 2.43. The molecule has 0 atom stereocenters. The van der Waals surface area contributed by atoms with E-state index in [1.165, 1.54) is 6.33 Å². The monoisotopic (exact) mass is 313 g/mol. The van der Waals surface area contributed by atoms with Gasteiger partial charge in [0, 0.05) is 12.4 Å². The fraction of sp³-hybridized carbons (Fsp3) is 0.111. The fourth-order valence-electron chi connectivity index (χ4n) is 1.55. The topological polar surface area (TPSA) is 67.4 Å². The van der Waals surface area contributed by atoms with Crippen molar-refractivity contribution < 1.29 is 0 Å². The molecule has 2 N–H and O–H groups in total. The Morgan fingerprint density at radius 3 is 3.07 bits per heavy atom. The van der Waals surface area contributed by atoms with E-state index < -0.39 is 0 Å². The first-order valence-electron chi connectivity index (χ1n) is 4.39. The highest BCUT2D eigenvalue weighted by molar-refractivity contribution is 14.2. The molecule has 0 unspecified atom stereocenters. The summed E-state index contributed by atoms with van der Waals surface area (Å²) >= 11 is -0.255. The Labute approximate surface area is 96.8 Å². The third-order valence-electron chi connectivity index (χ3n) is 2.34. The van der Waals surface area contributed by atoms with Gasteiger partial charge in [-0.15, -0.1) is 0 Å². The molecule has 6 heteroatoms. The van der Waals surface area contributed by atoms with Gasteiger partial charge in [-0.25, -0.2) is 13.1 Å². The standard InChI is InChI=1S/C9H8IN5/c1-15-8-3-6-5(2-7(8)14-10-15)9(11)13-4-12-6/h2-4H,1H3,(H2,11,12,13). The lowest BCUT2D eigenvalue weighted by atomic mass is 10.2. The zero-order valence-electron chi connectivity index (χ0n) is 7.98. The first-order chi connectivity index (χ1) is 7.25. The molecule has 1 aromatic heterocycles. The molecule has 1 aliphatic heterocycles. The number of halogens is 1. The van der Waals surface area contributed by atoms with Gasteiger partial charge in [-0.05, 0) is 12.1 Å². The highest BCUT2D eigenvalue weighted by Gasteiger charge is 2.15. The van der Waals surface area contributed by atoms with Crippen LogP contribution in [0.25, 0.3) is 10.9 Å². The number of hydrogen-bond donors (Lipinski definition) is 1. The summed E-state index contributed by atoms with van der Waals surface area (Å²) in [6.07, 6.45) is 1.49. The van der Waals surface area contributed by atoms with Crippen LogP contribution in [-0.4, -0.2) is 17.0 Å². The van der Waals surface area contributed by atoms with E-state index in [9.17, 15) is 0 Å². The fourth-order valence-corrected chi connectivity index (χ4v) is 3.11. The van der Waals surface area contributed by atoms with Crippen molar-refractivity contribution in [2.75, 3.05) is 15.9 Å². The van der Waals surface area contributed by atoms with Gasteiger partial charge in [0.2, 0.25) is 0 Å². The highest BCUT2D eigenvalue weighted by atomic mass is 127. The van der Waals surface area contributed by atoms with Gasteiger partial charge in [0.25, 0.3) is 0 Å². The first kappa shape index (κ1) is 8.96. The van der Waals surface area contributed by atoms with Crippen LogP contribution in [0.1, 0.15) is 0 Å². The molecule has 1 aromatic carbocycles. The Morgan fingerprint density at radius 2 is 2.20 bits per heavy atom. The summed E-state index contributed by atoms with van der Waals surface area (Å²) in [5.41, 5.74) is 8.83. The lowest BCUT2D eigenvalue weighted by Crippen LogP contribution is -1.99. The molecule has 0 aliphatic carbocycles. The van der Waals surface area contributed by atoms with Crippen LogP contribution in [0.15, 0.2) is 21.6 Å². The molecular formula is C9H8IN5. The minimum absolute atomic E-state index is 0.255. The Bertz CT molecular complexity index is 580. The van der Waals surface area contributed by atoms with Gasteiger partial charge in [0.15, 0.2) is 0 Å². The average molecular weight is 313 g/mol. The molecule has 0 bridgehead atoms. The van der Waals surface area contributed by atoms with Crippen LogP contribution in [0, 0.1) is 0 Å². The number of anilines is 2. The van der Waals surface area contributed by atoms with Gasteiger partial charge >= 0.3 is 0 Å². The molecule has 3 rings (SSSR count). The summed E-state index contributed by atoms with van der Waals surface area (Å²) in [5.74, 6) is 0.519. The number of nitrogen functional groups attached to an aromatic ring is 1. The molecule has 76 valence electrons. The Balaban J connectivity index is 2.39. The Kier molecular flexibility index (Phi) is 1.84. The largest absolute Gasteiger partial charge is 0.383 e. The predicted molar refractivity (Wildman–Crippen MR) is 68.5 cm³/mol. The van der Waals surface area contributed by atoms with Gasteiger partial charge in [-0.3, -0.25) is 0 Å². The smallest absolute Gasteiger partial charge is 0.134 e. The molecule has 2 aromatic rings. The number of rotatable bonds is 0. The van der Waals surface area contributed by atoms with Crippen molar-refractivity contribution in [1.82, 2.24) is 9.97 Å². The number of nitrogens with zero attached hydrogens (tertiary/aromatic N) is 4. The Morgan fingerprint density at radius 1 is 1.33 bits per heavy atom. The van der Waals surface area contributed by atoms with Gasteiger partial charge in [-0.1, -0.05) is 0 Å². The molecule has 5 nitrogen and oxygen atoms in total. The molecule has 0 radical (unpaired) electrons. The lowest BCUT2D eigenvalue weighted by Gasteiger charge is -2.08. The van der Waals surface area contributed by atoms with Crippen LogP contribution in [0.4, 0.5) is 17.2 Å². The van der Waals surface area contributed by atoms with Crippen molar-refractivity contribution >= 4 is 49.4 Å². The molecular weight excluding hydrogens is 305 g/mol. The van der Waals surface area contributed by atoms with Crippen LogP contribution < -0.4 is 8.85 Å². The molecule has 0 fully saturated rings. The predicted octanol–water partition coefficient (Wildman–Crippen LogP) is 2.36. The first-order valence-corrected chi connectivity index (χ1v) is 6.32. The van der Waals surface area contributed by atoms with Crippen LogP contribution in [0.5, 0.6) is 0 Å². The second-order valence-electron chi connectivity index (χ2n) is 3.25. The van der Waals surface area contributed by atoms with E-state index in [2.05, 4.69) is 23.3 Å². The Hall–Kier alpha value is -1.31. The molecule has 2 heterocycles. The number of hydrogen-bond acceptors (Lipinski definition) is 5. The third-order valence-corrected chi connectivity index (χ3v) is 4.24. The van der Waals surface area contributed by atoms with E-state index in [-0.39, 0.29) is 21.3 Å². The van der Waals surface area contributed by atoms with E-state index in [1.54, 1.807) is 0 Å². The summed E-state index contributed by atoms with van der Waals surface area (Å²) < 4.78 is 6.68. The SMILES string of the molecule is CN1I=Nc2cc3c(N)ncnc3cc21. The van der Waals surface area contributed by atoms with Crippen molar-refractivity contribution in [3.8, 4) is 0 Å². The number of aromatic nitrogens is 2. The zero-order valence-corrected chi connectivity index (χ0v) is 10.1. The maximum absolute atomic E-state index is 5.79. The molecule has 1 aliphatic rings. The second kappa shape index (κ2) is 3.09. The van der Waals surface area contributed by atoms with Crippen LogP contribution in [-0.2, 0) is 0 Å². The minimum Gasteiger partial charge on any atom is -0.383 e. The summed E-state index contributed by atoms with van der Waals surface area (Å²) in [4.78, 5) is 8.18. The van der Waals surface area contributed by atoms with E-state index >= 15 is 0 Å². The minimum atomic E-state index is -0.255. The molecule has 15 heavy (non-hydrogen) atoms. The molecule has 0 amide bonds. The van der Waals surface area contributed by atoms with Crippen molar-refractivity contribution in [1.29, 1.82) is 0 Å². The number of benzene rings is 1. The zero-order chi connectivity index (χ0) is 10.4. The summed E-state index contributed by atoms with van der Waals surface area (Å²) in [7, 11) is 2.05. The van der Waals surface area contributed by atoms with Crippen LogP contribution in [0.3, 0.4) is 0 Å². The van der Waals surface area contributed by atoms with Gasteiger partial charge in [0.05, 0.1) is 16.9 Å². The normalized spacial score (nSPS) is 14.1. The summed E-state index contributed by atoms with van der Waals surface area (Å²) in [6.45, 7) is 0. The maximum atomic E-state index is 5.79. The van der Waals surface area contributed by atoms with Gasteiger partial charge in [-0.2, -0.15) is 0 Å². The van der Waals surface area contributed by atoms with E-state index in [0.717, 1.165) is 22.3 Å². The average Bonchev–Trinajstić information content (AvgIpc) is 2.59. The molecule has 0 saturated carbocycles. The van der Waals surface area contributed by atoms with Crippen LogP contribution >= 0.6 is 21.3 Å². The molecule has 0 saturated heterocycles. The quantitative estimate of drug-likeness (QED) is 0.599. The third kappa shape index (κ3) is 1.28. The lowest BCUT2D eigenvalue weighted by molar-refractivity contribution is 1.23. The summed E-state index contributed by atoms with van der Waals surface area (Å²) in [6, 6.07) is 4.00. The van der Waals surface area contributed by atoms with Crippen molar-refractivity contribution in [2.45, 2.75) is 0 Å². The van der Waals surface area contributed by atoms with Gasteiger partial charge in [0.1, 0.15) is 33.5 Å². The summed E-state index contributed by atoms with van der Waals surface area (Å²) in [5, 5.41) is 0.888. The second-order valence-corrected chi connectivity index (χ2v) is 5.62. The van der Waals surface area contributed by atoms with Gasteiger partial charge < -0.3 is 8.85 Å². The van der Waals surface area contributed by atoms with E-state index in [0.29, 0.717) is 5.82 Å². The van der Waals surface area contributed by atoms with Crippen molar-refractivity contribution in [3.05, 3.63) is 18.5 Å². The van der Waals surface area contributed by atoms with E-state index in [4.69, 9.17) is 5.73 Å². The van der Waals surface area contributed by atoms with Crippen molar-refractivity contribution in [2.24, 2.45) is 3.15 Å². The van der Waals surface area contributed by atoms with Crippen molar-refractivity contribution in [3.63, 3.8) is 0 Å². The van der Waals surface area contributed by atoms with Crippen LogP contribution in [0.2, 0.25) is 0 Å². The van der Waals surface area contributed by atoms with E-state index in [1.807, 2.05) is 12.1 Å². The molecule has 0 spiro atoms. The number of nitrogens with two attached hydrogens (primary N) is 1. The number of fused-ring (bicyclic) bond motifs is 2.